The Morgan fingerprint density at radius 2 is 2.00 bits per heavy atom. The first-order valence-electron chi connectivity index (χ1n) is 8.66. The van der Waals surface area contributed by atoms with Gasteiger partial charge in [-0.05, 0) is 42.8 Å². The molecule has 0 bridgehead atoms. The molecule has 0 saturated heterocycles. The number of aromatic amines is 1. The molecule has 0 radical (unpaired) electrons. The van der Waals surface area contributed by atoms with Gasteiger partial charge >= 0.3 is 0 Å². The molecule has 128 valence electrons. The first kappa shape index (κ1) is 15.9. The Labute approximate surface area is 147 Å². The fourth-order valence-corrected chi connectivity index (χ4v) is 3.64. The first-order valence-corrected chi connectivity index (χ1v) is 8.66. The number of fused-ring (bicyclic) bond motifs is 2. The molecule has 25 heavy (non-hydrogen) atoms. The van der Waals surface area contributed by atoms with Crippen molar-refractivity contribution in [1.82, 2.24) is 9.88 Å². The molecule has 1 atom stereocenters. The monoisotopic (exact) mass is 334 g/mol. The van der Waals surface area contributed by atoms with Crippen molar-refractivity contribution in [2.75, 3.05) is 7.05 Å². The molecule has 0 spiro atoms. The molecule has 0 unspecified atom stereocenters. The fraction of sp³-hybridized carbons (Fsp3) is 0.286. The summed E-state index contributed by atoms with van der Waals surface area (Å²) in [6.45, 7) is 3.67. The van der Waals surface area contributed by atoms with Gasteiger partial charge in [-0.25, -0.2) is 0 Å². The smallest absolute Gasteiger partial charge is 0.248 e. The Balaban J connectivity index is 1.54. The molecule has 2 heterocycles. The number of nitrogens with one attached hydrogen (secondary N) is 1. The SMILES string of the molecule is C[C@H]1Cc2cc(CN(C)Cc3cc(=O)[nH]c4ccccc34)ccc2O1. The third-order valence-electron chi connectivity index (χ3n) is 4.69. The Bertz CT molecular complexity index is 977. The van der Waals surface area contributed by atoms with Crippen LogP contribution in [0.2, 0.25) is 0 Å². The third-order valence-corrected chi connectivity index (χ3v) is 4.69. The van der Waals surface area contributed by atoms with Gasteiger partial charge in [0.1, 0.15) is 11.9 Å². The lowest BCUT2D eigenvalue weighted by Gasteiger charge is -2.18. The minimum Gasteiger partial charge on any atom is -0.490 e. The molecule has 1 aliphatic rings. The lowest BCUT2D eigenvalue weighted by atomic mass is 10.1. The van der Waals surface area contributed by atoms with Gasteiger partial charge in [0.15, 0.2) is 0 Å². The van der Waals surface area contributed by atoms with Crippen molar-refractivity contribution >= 4 is 10.9 Å². The second-order valence-corrected chi connectivity index (χ2v) is 6.95. The summed E-state index contributed by atoms with van der Waals surface area (Å²) in [6, 6.07) is 16.1. The summed E-state index contributed by atoms with van der Waals surface area (Å²) in [6.07, 6.45) is 1.25. The average Bonchev–Trinajstić information content (AvgIpc) is 2.94. The van der Waals surface area contributed by atoms with E-state index in [-0.39, 0.29) is 11.7 Å². The van der Waals surface area contributed by atoms with E-state index >= 15 is 0 Å². The predicted octanol–water partition coefficient (Wildman–Crippen LogP) is 3.48. The summed E-state index contributed by atoms with van der Waals surface area (Å²) in [5, 5.41) is 1.10. The number of hydrogen-bond donors (Lipinski definition) is 1. The number of nitrogens with zero attached hydrogens (tertiary/aromatic N) is 1. The summed E-state index contributed by atoms with van der Waals surface area (Å²) in [4.78, 5) is 17.1. The Hall–Kier alpha value is -2.59. The van der Waals surface area contributed by atoms with Crippen LogP contribution in [0.3, 0.4) is 0 Å². The zero-order chi connectivity index (χ0) is 17.4. The highest BCUT2D eigenvalue weighted by molar-refractivity contribution is 5.81. The van der Waals surface area contributed by atoms with Gasteiger partial charge in [-0.1, -0.05) is 30.3 Å². The van der Waals surface area contributed by atoms with Gasteiger partial charge in [-0.2, -0.15) is 0 Å². The van der Waals surface area contributed by atoms with Crippen molar-refractivity contribution in [2.24, 2.45) is 0 Å². The molecule has 4 rings (SSSR count). The normalized spacial score (nSPS) is 16.2. The van der Waals surface area contributed by atoms with Gasteiger partial charge < -0.3 is 9.72 Å². The highest BCUT2D eigenvalue weighted by Gasteiger charge is 2.19. The lowest BCUT2D eigenvalue weighted by molar-refractivity contribution is 0.254. The van der Waals surface area contributed by atoms with E-state index in [4.69, 9.17) is 4.74 Å². The number of ether oxygens (including phenoxy) is 1. The molecule has 1 aliphatic heterocycles. The van der Waals surface area contributed by atoms with Crippen LogP contribution in [0.1, 0.15) is 23.6 Å². The maximum atomic E-state index is 11.9. The van der Waals surface area contributed by atoms with E-state index in [1.54, 1.807) is 6.07 Å². The van der Waals surface area contributed by atoms with Crippen LogP contribution in [-0.4, -0.2) is 23.0 Å². The highest BCUT2D eigenvalue weighted by Crippen LogP contribution is 2.29. The minimum atomic E-state index is -0.0502. The van der Waals surface area contributed by atoms with Gasteiger partial charge in [-0.15, -0.1) is 0 Å². The molecule has 4 nitrogen and oxygen atoms in total. The Morgan fingerprint density at radius 3 is 2.88 bits per heavy atom. The molecule has 0 aliphatic carbocycles. The van der Waals surface area contributed by atoms with Gasteiger partial charge in [0.25, 0.3) is 0 Å². The zero-order valence-corrected chi connectivity index (χ0v) is 14.6. The highest BCUT2D eigenvalue weighted by atomic mass is 16.5. The molecule has 2 aromatic carbocycles. The number of hydrogen-bond acceptors (Lipinski definition) is 3. The summed E-state index contributed by atoms with van der Waals surface area (Å²) in [5.74, 6) is 1.01. The third kappa shape index (κ3) is 3.30. The fourth-order valence-electron chi connectivity index (χ4n) is 3.64. The van der Waals surface area contributed by atoms with Crippen molar-refractivity contribution in [1.29, 1.82) is 0 Å². The van der Waals surface area contributed by atoms with Crippen LogP contribution in [0.15, 0.2) is 53.3 Å². The Morgan fingerprint density at radius 1 is 1.16 bits per heavy atom. The number of rotatable bonds is 4. The van der Waals surface area contributed by atoms with Crippen LogP contribution in [0.4, 0.5) is 0 Å². The van der Waals surface area contributed by atoms with Crippen molar-refractivity contribution < 1.29 is 4.74 Å². The first-order chi connectivity index (χ1) is 12.1. The van der Waals surface area contributed by atoms with E-state index in [9.17, 15) is 4.79 Å². The van der Waals surface area contributed by atoms with Crippen molar-refractivity contribution in [3.63, 3.8) is 0 Å². The van der Waals surface area contributed by atoms with Crippen LogP contribution in [0, 0.1) is 0 Å². The molecular weight excluding hydrogens is 312 g/mol. The van der Waals surface area contributed by atoms with E-state index in [1.807, 2.05) is 18.2 Å². The summed E-state index contributed by atoms with van der Waals surface area (Å²) < 4.78 is 5.77. The predicted molar refractivity (Wildman–Crippen MR) is 100.0 cm³/mol. The molecular formula is C21H22N2O2. The molecule has 1 N–H and O–H groups in total. The van der Waals surface area contributed by atoms with E-state index in [1.165, 1.54) is 11.1 Å². The number of H-pyrrole nitrogens is 1. The molecule has 4 heteroatoms. The quantitative estimate of drug-likeness (QED) is 0.794. The standard InChI is InChI=1S/C21H22N2O2/c1-14-9-16-10-15(7-8-20(16)25-14)12-23(2)13-17-11-21(24)22-19-6-4-3-5-18(17)19/h3-8,10-11,14H,9,12-13H2,1-2H3,(H,22,24)/t14-/m0/s1. The summed E-state index contributed by atoms with van der Waals surface area (Å²) in [7, 11) is 2.09. The zero-order valence-electron chi connectivity index (χ0n) is 14.6. The largest absolute Gasteiger partial charge is 0.490 e. The van der Waals surface area contributed by atoms with Crippen LogP contribution >= 0.6 is 0 Å². The lowest BCUT2D eigenvalue weighted by Crippen LogP contribution is -2.19. The topological polar surface area (TPSA) is 45.3 Å². The van der Waals surface area contributed by atoms with Crippen LogP contribution in [0.25, 0.3) is 10.9 Å². The number of pyridine rings is 1. The van der Waals surface area contributed by atoms with Crippen LogP contribution in [0.5, 0.6) is 5.75 Å². The number of aromatic nitrogens is 1. The molecule has 0 fully saturated rings. The Kier molecular flexibility index (Phi) is 4.06. The number of benzene rings is 2. The van der Waals surface area contributed by atoms with Gasteiger partial charge in [0.2, 0.25) is 5.56 Å². The molecule has 0 saturated carbocycles. The molecule has 1 aromatic heterocycles. The maximum Gasteiger partial charge on any atom is 0.248 e. The van der Waals surface area contributed by atoms with Gasteiger partial charge in [-0.3, -0.25) is 9.69 Å². The van der Waals surface area contributed by atoms with Gasteiger partial charge in [0, 0.05) is 36.5 Å². The second kappa shape index (κ2) is 6.37. The van der Waals surface area contributed by atoms with Gasteiger partial charge in [0.05, 0.1) is 0 Å². The maximum absolute atomic E-state index is 11.9. The molecule has 0 amide bonds. The van der Waals surface area contributed by atoms with Crippen molar-refractivity contribution in [3.05, 3.63) is 75.6 Å². The van der Waals surface area contributed by atoms with E-state index in [2.05, 4.69) is 48.1 Å². The molecule has 3 aromatic rings. The number of para-hydroxylation sites is 1. The van der Waals surface area contributed by atoms with Crippen molar-refractivity contribution in [2.45, 2.75) is 32.5 Å². The van der Waals surface area contributed by atoms with Crippen LogP contribution in [-0.2, 0) is 19.5 Å². The summed E-state index contributed by atoms with van der Waals surface area (Å²) >= 11 is 0. The van der Waals surface area contributed by atoms with Crippen molar-refractivity contribution in [3.8, 4) is 5.75 Å². The summed E-state index contributed by atoms with van der Waals surface area (Å²) in [5.41, 5.74) is 4.46. The second-order valence-electron chi connectivity index (χ2n) is 6.95. The van der Waals surface area contributed by atoms with E-state index in [0.29, 0.717) is 0 Å². The van der Waals surface area contributed by atoms with Crippen LogP contribution < -0.4 is 10.3 Å². The van der Waals surface area contributed by atoms with E-state index in [0.717, 1.165) is 41.7 Å². The minimum absolute atomic E-state index is 0.0502. The van der Waals surface area contributed by atoms with E-state index < -0.39 is 0 Å². The average molecular weight is 334 g/mol.